The van der Waals surface area contributed by atoms with Gasteiger partial charge in [0.2, 0.25) is 0 Å². The van der Waals surface area contributed by atoms with Crippen molar-refractivity contribution in [3.8, 4) is 0 Å². The highest BCUT2D eigenvalue weighted by atomic mass is 19.1. The third kappa shape index (κ3) is 4.35. The first-order chi connectivity index (χ1) is 13.8. The monoisotopic (exact) mass is 397 g/mol. The topological polar surface area (TPSA) is 60.9 Å². The molecule has 0 aliphatic carbocycles. The summed E-state index contributed by atoms with van der Waals surface area (Å²) in [5, 5.41) is 0. The van der Waals surface area contributed by atoms with Gasteiger partial charge in [-0.25, -0.2) is 14.1 Å². The quantitative estimate of drug-likeness (QED) is 0.532. The molecule has 152 valence electrons. The van der Waals surface area contributed by atoms with Gasteiger partial charge in [-0.2, -0.15) is 0 Å². The molecule has 0 unspecified atom stereocenters. The molecule has 1 aliphatic rings. The Morgan fingerprint density at radius 1 is 0.862 bits per heavy atom. The van der Waals surface area contributed by atoms with E-state index in [9.17, 15) is 18.8 Å². The number of hydrogen-bond donors (Lipinski definition) is 0. The summed E-state index contributed by atoms with van der Waals surface area (Å²) in [4.78, 5) is 41.1. The van der Waals surface area contributed by atoms with Crippen molar-refractivity contribution in [3.63, 3.8) is 0 Å². The number of rotatable bonds is 7. The number of carbonyl (C=O) groups is 3. The Kier molecular flexibility index (Phi) is 6.08. The van der Waals surface area contributed by atoms with E-state index in [1.165, 1.54) is 12.1 Å². The van der Waals surface area contributed by atoms with E-state index in [2.05, 4.69) is 0 Å². The molecular weight excluding hydrogens is 373 g/mol. The summed E-state index contributed by atoms with van der Waals surface area (Å²) in [5.74, 6) is -1.91. The Hall–Kier alpha value is -3.06. The number of benzene rings is 2. The fourth-order valence-corrected chi connectivity index (χ4v) is 3.49. The van der Waals surface area contributed by atoms with Crippen LogP contribution in [-0.4, -0.2) is 52.8 Å². The van der Waals surface area contributed by atoms with E-state index in [-0.39, 0.29) is 31.0 Å². The predicted molar refractivity (Wildman–Crippen MR) is 106 cm³/mol. The number of nitrogens with zero attached hydrogens (tertiary/aromatic N) is 3. The van der Waals surface area contributed by atoms with Crippen LogP contribution in [0.5, 0.6) is 0 Å². The van der Waals surface area contributed by atoms with E-state index in [0.29, 0.717) is 0 Å². The Morgan fingerprint density at radius 3 is 2.00 bits per heavy atom. The molecule has 1 atom stereocenters. The van der Waals surface area contributed by atoms with Gasteiger partial charge in [0.25, 0.3) is 0 Å². The second kappa shape index (κ2) is 8.53. The highest BCUT2D eigenvalue weighted by Crippen LogP contribution is 2.28. The normalized spacial score (nSPS) is 15.7. The standard InChI is InChI=1S/C22H24FN3O3/c1-15(2)13-25-20(27)21(28)26(22(25)29)14-24(3)19(16-7-5-4-6-8-16)17-9-11-18(23)12-10-17/h4-12,15,19H,13-14H2,1-3H3/t19-/m0/s1. The van der Waals surface area contributed by atoms with Crippen LogP contribution in [0.15, 0.2) is 54.6 Å². The zero-order valence-electron chi connectivity index (χ0n) is 16.7. The average Bonchev–Trinajstić information content (AvgIpc) is 2.88. The van der Waals surface area contributed by atoms with Gasteiger partial charge in [0, 0.05) is 6.54 Å². The maximum Gasteiger partial charge on any atom is 0.335 e. The van der Waals surface area contributed by atoms with Gasteiger partial charge in [-0.1, -0.05) is 56.3 Å². The minimum atomic E-state index is -0.826. The maximum atomic E-state index is 13.4. The molecule has 2 aromatic carbocycles. The van der Waals surface area contributed by atoms with Crippen LogP contribution in [0.2, 0.25) is 0 Å². The van der Waals surface area contributed by atoms with Gasteiger partial charge < -0.3 is 0 Å². The Balaban J connectivity index is 1.88. The fourth-order valence-electron chi connectivity index (χ4n) is 3.49. The summed E-state index contributed by atoms with van der Waals surface area (Å²) >= 11 is 0. The van der Waals surface area contributed by atoms with E-state index in [1.54, 1.807) is 24.1 Å². The summed E-state index contributed by atoms with van der Waals surface area (Å²) in [7, 11) is 1.76. The van der Waals surface area contributed by atoms with Crippen molar-refractivity contribution in [1.82, 2.24) is 14.7 Å². The number of urea groups is 1. The molecule has 0 N–H and O–H groups in total. The van der Waals surface area contributed by atoms with Crippen LogP contribution in [0, 0.1) is 11.7 Å². The molecule has 1 saturated heterocycles. The van der Waals surface area contributed by atoms with Gasteiger partial charge in [-0.15, -0.1) is 0 Å². The van der Waals surface area contributed by atoms with Gasteiger partial charge in [-0.3, -0.25) is 19.4 Å². The number of halogens is 1. The average molecular weight is 397 g/mol. The van der Waals surface area contributed by atoms with Crippen molar-refractivity contribution in [3.05, 3.63) is 71.5 Å². The van der Waals surface area contributed by atoms with Crippen molar-refractivity contribution in [2.75, 3.05) is 20.3 Å². The molecule has 0 saturated carbocycles. The first-order valence-corrected chi connectivity index (χ1v) is 9.47. The van der Waals surface area contributed by atoms with Crippen LogP contribution in [0.3, 0.4) is 0 Å². The molecule has 4 amide bonds. The molecule has 7 heteroatoms. The molecule has 0 aromatic heterocycles. The third-order valence-electron chi connectivity index (χ3n) is 4.79. The molecule has 3 rings (SSSR count). The molecule has 6 nitrogen and oxygen atoms in total. The second-order valence-corrected chi connectivity index (χ2v) is 7.59. The van der Waals surface area contributed by atoms with E-state index >= 15 is 0 Å². The lowest BCUT2D eigenvalue weighted by Gasteiger charge is -2.31. The highest BCUT2D eigenvalue weighted by Gasteiger charge is 2.45. The van der Waals surface area contributed by atoms with Gasteiger partial charge in [0.1, 0.15) is 5.82 Å². The molecule has 1 aliphatic heterocycles. The number of amides is 4. The largest absolute Gasteiger partial charge is 0.335 e. The van der Waals surface area contributed by atoms with Crippen molar-refractivity contribution < 1.29 is 18.8 Å². The van der Waals surface area contributed by atoms with Gasteiger partial charge in [0.05, 0.1) is 12.7 Å². The van der Waals surface area contributed by atoms with Crippen molar-refractivity contribution >= 4 is 17.8 Å². The van der Waals surface area contributed by atoms with E-state index < -0.39 is 17.8 Å². The van der Waals surface area contributed by atoms with E-state index in [1.807, 2.05) is 44.2 Å². The van der Waals surface area contributed by atoms with Crippen LogP contribution >= 0.6 is 0 Å². The molecule has 0 spiro atoms. The molecular formula is C22H24FN3O3. The Labute approximate surface area is 169 Å². The summed E-state index contributed by atoms with van der Waals surface area (Å²) < 4.78 is 13.4. The SMILES string of the molecule is CC(C)CN1C(=O)C(=O)N(CN(C)[C@@H](c2ccccc2)c2ccc(F)cc2)C1=O. The fraction of sp³-hybridized carbons (Fsp3) is 0.318. The zero-order chi connectivity index (χ0) is 21.1. The van der Waals surface area contributed by atoms with Crippen LogP contribution in [0.1, 0.15) is 31.0 Å². The van der Waals surface area contributed by atoms with Crippen LogP contribution in [0.25, 0.3) is 0 Å². The molecule has 2 aromatic rings. The molecule has 0 radical (unpaired) electrons. The Morgan fingerprint density at radius 2 is 1.41 bits per heavy atom. The zero-order valence-corrected chi connectivity index (χ0v) is 16.7. The molecule has 1 heterocycles. The number of imide groups is 2. The van der Waals surface area contributed by atoms with Crippen molar-refractivity contribution in [1.29, 1.82) is 0 Å². The van der Waals surface area contributed by atoms with Gasteiger partial charge >= 0.3 is 17.8 Å². The lowest BCUT2D eigenvalue weighted by atomic mass is 9.97. The summed E-state index contributed by atoms with van der Waals surface area (Å²) in [6.45, 7) is 3.89. The summed E-state index contributed by atoms with van der Waals surface area (Å²) in [5.41, 5.74) is 1.73. The number of carbonyl (C=O) groups excluding carboxylic acids is 3. The minimum absolute atomic E-state index is 0.0599. The van der Waals surface area contributed by atoms with Crippen molar-refractivity contribution in [2.45, 2.75) is 19.9 Å². The maximum absolute atomic E-state index is 13.4. The summed E-state index contributed by atoms with van der Waals surface area (Å²) in [6, 6.07) is 14.7. The third-order valence-corrected chi connectivity index (χ3v) is 4.79. The van der Waals surface area contributed by atoms with E-state index in [4.69, 9.17) is 0 Å². The minimum Gasteiger partial charge on any atom is -0.277 e. The first-order valence-electron chi connectivity index (χ1n) is 9.47. The molecule has 29 heavy (non-hydrogen) atoms. The van der Waals surface area contributed by atoms with Gasteiger partial charge in [-0.05, 0) is 36.2 Å². The lowest BCUT2D eigenvalue weighted by molar-refractivity contribution is -0.144. The van der Waals surface area contributed by atoms with Crippen LogP contribution in [-0.2, 0) is 9.59 Å². The smallest absolute Gasteiger partial charge is 0.277 e. The van der Waals surface area contributed by atoms with Crippen LogP contribution in [0.4, 0.5) is 9.18 Å². The second-order valence-electron chi connectivity index (χ2n) is 7.59. The first kappa shape index (κ1) is 20.7. The van der Waals surface area contributed by atoms with Crippen molar-refractivity contribution in [2.24, 2.45) is 5.92 Å². The summed E-state index contributed by atoms with van der Waals surface area (Å²) in [6.07, 6.45) is 0. The number of hydrogen-bond acceptors (Lipinski definition) is 4. The molecule has 1 fully saturated rings. The van der Waals surface area contributed by atoms with Crippen LogP contribution < -0.4 is 0 Å². The van der Waals surface area contributed by atoms with E-state index in [0.717, 1.165) is 20.9 Å². The highest BCUT2D eigenvalue weighted by molar-refractivity contribution is 6.44. The Bertz CT molecular complexity index is 899. The lowest BCUT2D eigenvalue weighted by Crippen LogP contribution is -2.42. The molecule has 0 bridgehead atoms. The predicted octanol–water partition coefficient (Wildman–Crippen LogP) is 3.25. The van der Waals surface area contributed by atoms with Gasteiger partial charge in [0.15, 0.2) is 0 Å².